The summed E-state index contributed by atoms with van der Waals surface area (Å²) in [7, 11) is 0. The molecule has 1 unspecified atom stereocenters. The van der Waals surface area contributed by atoms with Gasteiger partial charge in [0.1, 0.15) is 0 Å². The van der Waals surface area contributed by atoms with Crippen LogP contribution in [-0.2, 0) is 0 Å². The Labute approximate surface area is 157 Å². The Hall–Kier alpha value is 0.558. The van der Waals surface area contributed by atoms with Gasteiger partial charge in [-0.1, -0.05) is 64.7 Å². The first-order chi connectivity index (χ1) is 11.4. The van der Waals surface area contributed by atoms with Gasteiger partial charge in [0.2, 0.25) is 0 Å². The van der Waals surface area contributed by atoms with E-state index >= 15 is 0 Å². The summed E-state index contributed by atoms with van der Waals surface area (Å²) in [5, 5.41) is 1.44. The molecule has 0 aliphatic rings. The Morgan fingerprint density at radius 1 is 0.348 bits per heavy atom. The van der Waals surface area contributed by atoms with Crippen LogP contribution in [0.1, 0.15) is 135 Å². The molecular weight excluding hydrogens is 339 g/mol. The van der Waals surface area contributed by atoms with Crippen molar-refractivity contribution in [3.8, 4) is 0 Å². The van der Waals surface area contributed by atoms with Crippen LogP contribution in [0.3, 0.4) is 0 Å². The molecule has 0 aromatic rings. The van der Waals surface area contributed by atoms with E-state index in [0.29, 0.717) is 0 Å². The standard InChI is InChI=1S/C22H47As/c1-2-3-4-5-6-7-8-9-10-11-12-13-14-15-16-17-18-19-20-21-22-23/h2-23H2,1H3. The van der Waals surface area contributed by atoms with Gasteiger partial charge in [-0.2, -0.15) is 0 Å². The molecule has 1 heteroatoms. The van der Waals surface area contributed by atoms with Gasteiger partial charge in [0.05, 0.1) is 0 Å². The van der Waals surface area contributed by atoms with Crippen molar-refractivity contribution in [1.82, 2.24) is 0 Å². The molecule has 0 rings (SSSR count). The van der Waals surface area contributed by atoms with Crippen molar-refractivity contribution in [3.05, 3.63) is 0 Å². The summed E-state index contributed by atoms with van der Waals surface area (Å²) in [5.74, 6) is 0. The van der Waals surface area contributed by atoms with E-state index in [4.69, 9.17) is 0 Å². The Bertz CT molecular complexity index is 170. The van der Waals surface area contributed by atoms with Crippen LogP contribution in [0.15, 0.2) is 0 Å². The van der Waals surface area contributed by atoms with Crippen molar-refractivity contribution in [2.75, 3.05) is 0 Å². The van der Waals surface area contributed by atoms with Gasteiger partial charge in [-0.3, -0.25) is 0 Å². The summed E-state index contributed by atoms with van der Waals surface area (Å²) < 4.78 is 0. The van der Waals surface area contributed by atoms with Crippen molar-refractivity contribution < 1.29 is 0 Å². The van der Waals surface area contributed by atoms with Crippen molar-refractivity contribution in [3.63, 3.8) is 0 Å². The second-order valence-electron chi connectivity index (χ2n) is 7.51. The fourth-order valence-corrected chi connectivity index (χ4v) is 4.01. The zero-order valence-corrected chi connectivity index (χ0v) is 18.8. The van der Waals surface area contributed by atoms with Crippen LogP contribution in [0.2, 0.25) is 5.21 Å². The molecule has 0 aromatic carbocycles. The van der Waals surface area contributed by atoms with Crippen molar-refractivity contribution in [1.29, 1.82) is 0 Å². The van der Waals surface area contributed by atoms with E-state index in [0.717, 1.165) is 0 Å². The van der Waals surface area contributed by atoms with Crippen molar-refractivity contribution in [2.24, 2.45) is 0 Å². The third-order valence-electron chi connectivity index (χ3n) is 5.06. The van der Waals surface area contributed by atoms with E-state index in [1.807, 2.05) is 16.9 Å². The summed E-state index contributed by atoms with van der Waals surface area (Å²) in [4.78, 5) is 0. The summed E-state index contributed by atoms with van der Waals surface area (Å²) in [6, 6.07) is 0. The Morgan fingerprint density at radius 2 is 0.565 bits per heavy atom. The first kappa shape index (κ1) is 23.6. The van der Waals surface area contributed by atoms with Gasteiger partial charge in [0.25, 0.3) is 0 Å². The van der Waals surface area contributed by atoms with Crippen LogP contribution >= 0.6 is 0 Å². The first-order valence-corrected chi connectivity index (χ1v) is 12.8. The fourth-order valence-electron chi connectivity index (χ4n) is 3.40. The zero-order valence-electron chi connectivity index (χ0n) is 16.4. The molecule has 0 aliphatic carbocycles. The fraction of sp³-hybridized carbons (Fsp3) is 1.00. The zero-order chi connectivity index (χ0) is 16.8. The Balaban J connectivity index is 2.92. The van der Waals surface area contributed by atoms with E-state index in [1.54, 1.807) is 0 Å². The minimum absolute atomic E-state index is 1.37. The Kier molecular flexibility index (Phi) is 23.1. The average Bonchev–Trinajstić information content (AvgIpc) is 2.57. The second-order valence-corrected chi connectivity index (χ2v) is 8.72. The predicted octanol–water partition coefficient (Wildman–Crippen LogP) is 7.86. The molecule has 0 aliphatic heterocycles. The molecule has 0 bridgehead atoms. The molecule has 0 heterocycles. The van der Waals surface area contributed by atoms with Crippen LogP contribution in [0.25, 0.3) is 0 Å². The van der Waals surface area contributed by atoms with E-state index in [9.17, 15) is 0 Å². The molecule has 0 radical (unpaired) electrons. The van der Waals surface area contributed by atoms with Gasteiger partial charge in [-0.25, -0.2) is 0 Å². The summed E-state index contributed by atoms with van der Waals surface area (Å²) in [5.41, 5.74) is 0. The first-order valence-electron chi connectivity index (χ1n) is 11.1. The number of rotatable bonds is 20. The van der Waals surface area contributed by atoms with Gasteiger partial charge >= 0.3 is 92.7 Å². The summed E-state index contributed by atoms with van der Waals surface area (Å²) in [6.07, 6.45) is 29.6. The summed E-state index contributed by atoms with van der Waals surface area (Å²) in [6.45, 7) is 2.30. The van der Waals surface area contributed by atoms with Crippen LogP contribution < -0.4 is 0 Å². The molecule has 0 aromatic heterocycles. The van der Waals surface area contributed by atoms with Crippen molar-refractivity contribution in [2.45, 2.75) is 141 Å². The van der Waals surface area contributed by atoms with Gasteiger partial charge in [-0.15, -0.1) is 0 Å². The summed E-state index contributed by atoms with van der Waals surface area (Å²) >= 11 is 1.90. The molecule has 0 amide bonds. The maximum atomic E-state index is 2.30. The molecule has 0 saturated carbocycles. The van der Waals surface area contributed by atoms with Crippen LogP contribution in [0.4, 0.5) is 0 Å². The minimum atomic E-state index is 1.37. The van der Waals surface area contributed by atoms with Crippen LogP contribution in [0.5, 0.6) is 0 Å². The number of unbranched alkanes of at least 4 members (excludes halogenated alkanes) is 19. The van der Waals surface area contributed by atoms with Crippen LogP contribution in [-0.4, -0.2) is 16.9 Å². The number of hydrogen-bond acceptors (Lipinski definition) is 0. The molecule has 0 saturated heterocycles. The molecule has 140 valence electrons. The monoisotopic (exact) mass is 386 g/mol. The van der Waals surface area contributed by atoms with Crippen LogP contribution in [0, 0.1) is 0 Å². The van der Waals surface area contributed by atoms with E-state index < -0.39 is 0 Å². The Morgan fingerprint density at radius 3 is 0.783 bits per heavy atom. The molecule has 0 N–H and O–H groups in total. The third-order valence-corrected chi connectivity index (χ3v) is 5.91. The van der Waals surface area contributed by atoms with E-state index in [1.165, 1.54) is 134 Å². The molecule has 0 fully saturated rings. The molecule has 0 nitrogen and oxygen atoms in total. The quantitative estimate of drug-likeness (QED) is 0.148. The SMILES string of the molecule is CCCCCCCCCCCCCCCCCCCCCC[AsH2]. The topological polar surface area (TPSA) is 0 Å². The van der Waals surface area contributed by atoms with Crippen molar-refractivity contribution >= 4 is 16.9 Å². The van der Waals surface area contributed by atoms with Gasteiger partial charge in [0.15, 0.2) is 0 Å². The molecule has 0 spiro atoms. The molecular formula is C22H47As. The van der Waals surface area contributed by atoms with E-state index in [-0.39, 0.29) is 0 Å². The normalized spacial score (nSPS) is 11.2. The van der Waals surface area contributed by atoms with Gasteiger partial charge in [-0.05, 0) is 0 Å². The van der Waals surface area contributed by atoms with Gasteiger partial charge < -0.3 is 0 Å². The number of hydrogen-bond donors (Lipinski definition) is 0. The predicted molar refractivity (Wildman–Crippen MR) is 111 cm³/mol. The maximum absolute atomic E-state index is 2.30. The third kappa shape index (κ3) is 22.6. The average molecular weight is 387 g/mol. The molecule has 1 atom stereocenters. The molecule has 23 heavy (non-hydrogen) atoms. The van der Waals surface area contributed by atoms with Gasteiger partial charge in [0, 0.05) is 0 Å². The van der Waals surface area contributed by atoms with E-state index in [2.05, 4.69) is 6.92 Å². The second kappa shape index (κ2) is 22.6.